The highest BCUT2D eigenvalue weighted by molar-refractivity contribution is 5.92. The molecule has 7 rings (SSSR count). The highest BCUT2D eigenvalue weighted by Crippen LogP contribution is 2.60. The number of amides is 1. The van der Waals surface area contributed by atoms with Crippen LogP contribution in [0.15, 0.2) is 59.8 Å². The predicted molar refractivity (Wildman–Crippen MR) is 119 cm³/mol. The number of carbonyl (C=O) groups excluding carboxylic acids is 1. The lowest BCUT2D eigenvalue weighted by atomic mass is 9.49. The molecule has 4 aromatic rings. The highest BCUT2D eigenvalue weighted by Gasteiger charge is 2.58. The molecule has 0 aliphatic heterocycles. The molecule has 0 spiro atoms. The molecule has 4 heterocycles. The van der Waals surface area contributed by atoms with Crippen molar-refractivity contribution in [1.82, 2.24) is 29.0 Å². The maximum absolute atomic E-state index is 12.6. The maximum Gasteiger partial charge on any atom is 0.270 e. The van der Waals surface area contributed by atoms with Crippen LogP contribution in [0.5, 0.6) is 0 Å². The number of nitrogens with one attached hydrogen (secondary N) is 1. The molecule has 8 nitrogen and oxygen atoms in total. The molecule has 1 amide bonds. The summed E-state index contributed by atoms with van der Waals surface area (Å²) in [5.41, 5.74) is 3.54. The Balaban J connectivity index is 1.15. The largest absolute Gasteiger partial charge is 0.345 e. The second-order valence-electron chi connectivity index (χ2n) is 9.18. The molecule has 3 saturated carbocycles. The summed E-state index contributed by atoms with van der Waals surface area (Å²) in [7, 11) is 2.22. The van der Waals surface area contributed by atoms with Gasteiger partial charge in [-0.2, -0.15) is 0 Å². The molecule has 162 valence electrons. The van der Waals surface area contributed by atoms with Gasteiger partial charge in [-0.3, -0.25) is 18.9 Å². The van der Waals surface area contributed by atoms with E-state index in [1.165, 1.54) is 35.3 Å². The Labute approximate surface area is 184 Å². The molecule has 0 atom stereocenters. The van der Waals surface area contributed by atoms with Gasteiger partial charge in [-0.05, 0) is 56.0 Å². The summed E-state index contributed by atoms with van der Waals surface area (Å²) in [5.74, 6) is 0.571. The zero-order valence-electron chi connectivity index (χ0n) is 17.9. The number of pyridine rings is 2. The molecule has 0 aromatic carbocycles. The van der Waals surface area contributed by atoms with Gasteiger partial charge in [0.1, 0.15) is 17.0 Å². The van der Waals surface area contributed by atoms with E-state index in [0.29, 0.717) is 11.2 Å². The molecule has 3 aliphatic rings. The quantitative estimate of drug-likeness (QED) is 0.509. The summed E-state index contributed by atoms with van der Waals surface area (Å²) >= 11 is 0. The third-order valence-electron chi connectivity index (χ3n) is 7.03. The van der Waals surface area contributed by atoms with Gasteiger partial charge in [-0.1, -0.05) is 12.1 Å². The minimum atomic E-state index is -0.397. The lowest BCUT2D eigenvalue weighted by Gasteiger charge is -2.66. The summed E-state index contributed by atoms with van der Waals surface area (Å²) < 4.78 is 3.41. The first kappa shape index (κ1) is 19.2. The summed E-state index contributed by atoms with van der Waals surface area (Å²) in [6.45, 7) is 1.19. The van der Waals surface area contributed by atoms with E-state index < -0.39 is 5.91 Å². The number of hydrogen-bond acceptors (Lipinski definition) is 5. The van der Waals surface area contributed by atoms with Crippen molar-refractivity contribution >= 4 is 17.2 Å². The smallest absolute Gasteiger partial charge is 0.270 e. The second-order valence-corrected chi connectivity index (χ2v) is 9.18. The number of carbonyl (C=O) groups is 1. The maximum atomic E-state index is 12.6. The van der Waals surface area contributed by atoms with Crippen LogP contribution in [0.1, 0.15) is 41.0 Å². The molecule has 2 bridgehead atoms. The average molecular weight is 428 g/mol. The summed E-state index contributed by atoms with van der Waals surface area (Å²) in [4.78, 5) is 36.2. The van der Waals surface area contributed by atoms with E-state index in [0.717, 1.165) is 23.8 Å². The Morgan fingerprint density at radius 2 is 2.00 bits per heavy atom. The molecule has 4 aromatic heterocycles. The van der Waals surface area contributed by atoms with Crippen molar-refractivity contribution < 1.29 is 4.79 Å². The first-order valence-corrected chi connectivity index (χ1v) is 10.9. The summed E-state index contributed by atoms with van der Waals surface area (Å²) in [5, 5.41) is 2.82. The Morgan fingerprint density at radius 3 is 2.78 bits per heavy atom. The Kier molecular flexibility index (Phi) is 4.19. The van der Waals surface area contributed by atoms with Crippen molar-refractivity contribution in [2.45, 2.75) is 37.9 Å². The van der Waals surface area contributed by atoms with Gasteiger partial charge in [-0.25, -0.2) is 9.97 Å². The van der Waals surface area contributed by atoms with Gasteiger partial charge in [0.15, 0.2) is 0 Å². The Hall–Kier alpha value is -3.52. The van der Waals surface area contributed by atoms with Gasteiger partial charge in [0.05, 0.1) is 12.2 Å². The lowest BCUT2D eigenvalue weighted by molar-refractivity contribution is -0.136. The van der Waals surface area contributed by atoms with Crippen LogP contribution in [-0.2, 0) is 13.1 Å². The molecule has 0 radical (unpaired) electrons. The molecular weight excluding hydrogens is 404 g/mol. The van der Waals surface area contributed by atoms with Crippen LogP contribution in [0.4, 0.5) is 0 Å². The predicted octanol–water partition coefficient (Wildman–Crippen LogP) is 2.26. The second kappa shape index (κ2) is 7.00. The van der Waals surface area contributed by atoms with Crippen molar-refractivity contribution in [3.63, 3.8) is 0 Å². The van der Waals surface area contributed by atoms with Crippen LogP contribution in [0, 0.1) is 5.92 Å². The normalized spacial score (nSPS) is 21.5. The van der Waals surface area contributed by atoms with Crippen molar-refractivity contribution in [1.29, 1.82) is 0 Å². The standard InChI is InChI=1S/C24H24N6O2/c1-28(24-9-17(10-24)11-24)13-16-5-6-20-26-18(15-29(20)14-16)12-25-23(32)19-8-22(31)30-7-3-2-4-21(30)27-19/h2-8,14-15,17H,9-13H2,1H3,(H,25,32). The fourth-order valence-corrected chi connectivity index (χ4v) is 5.04. The van der Waals surface area contributed by atoms with Gasteiger partial charge in [-0.15, -0.1) is 0 Å². The number of rotatable bonds is 6. The molecule has 8 heteroatoms. The van der Waals surface area contributed by atoms with Gasteiger partial charge in [0.25, 0.3) is 11.5 Å². The van der Waals surface area contributed by atoms with E-state index in [4.69, 9.17) is 0 Å². The molecule has 3 aliphatic carbocycles. The molecule has 3 fully saturated rings. The lowest BCUT2D eigenvalue weighted by Crippen LogP contribution is -2.66. The third-order valence-corrected chi connectivity index (χ3v) is 7.03. The van der Waals surface area contributed by atoms with Gasteiger partial charge in [0, 0.05) is 36.7 Å². The van der Waals surface area contributed by atoms with Crippen molar-refractivity contribution in [2.75, 3.05) is 7.05 Å². The van der Waals surface area contributed by atoms with Gasteiger partial charge >= 0.3 is 0 Å². The first-order valence-electron chi connectivity index (χ1n) is 10.9. The molecular formula is C24H24N6O2. The highest BCUT2D eigenvalue weighted by atomic mass is 16.2. The first-order chi connectivity index (χ1) is 15.5. The number of fused-ring (bicyclic) bond motifs is 2. The fourth-order valence-electron chi connectivity index (χ4n) is 5.04. The minimum Gasteiger partial charge on any atom is -0.345 e. The van der Waals surface area contributed by atoms with E-state index in [1.54, 1.807) is 24.4 Å². The molecule has 0 saturated heterocycles. The number of nitrogens with zero attached hydrogens (tertiary/aromatic N) is 5. The van der Waals surface area contributed by atoms with Crippen molar-refractivity contribution in [3.05, 3.63) is 82.3 Å². The van der Waals surface area contributed by atoms with E-state index in [-0.39, 0.29) is 17.8 Å². The van der Waals surface area contributed by atoms with Crippen molar-refractivity contribution in [2.24, 2.45) is 5.92 Å². The fraction of sp³-hybridized carbons (Fsp3) is 0.333. The number of hydrogen-bond donors (Lipinski definition) is 1. The molecule has 32 heavy (non-hydrogen) atoms. The zero-order valence-corrected chi connectivity index (χ0v) is 17.9. The SMILES string of the molecule is CN(Cc1ccc2nc(CNC(=O)c3cc(=O)n4ccccc4n3)cn2c1)C12CC(C1)C2. The van der Waals surface area contributed by atoms with E-state index >= 15 is 0 Å². The van der Waals surface area contributed by atoms with Crippen LogP contribution in [0.25, 0.3) is 11.3 Å². The van der Waals surface area contributed by atoms with Crippen LogP contribution in [0.3, 0.4) is 0 Å². The van der Waals surface area contributed by atoms with E-state index in [9.17, 15) is 9.59 Å². The third kappa shape index (κ3) is 3.10. The van der Waals surface area contributed by atoms with E-state index in [2.05, 4.69) is 39.5 Å². The van der Waals surface area contributed by atoms with E-state index in [1.807, 2.05) is 16.7 Å². The van der Waals surface area contributed by atoms with Gasteiger partial charge in [0.2, 0.25) is 0 Å². The topological polar surface area (TPSA) is 84.0 Å². The summed E-state index contributed by atoms with van der Waals surface area (Å²) in [6, 6.07) is 10.6. The average Bonchev–Trinajstić information content (AvgIpc) is 3.12. The minimum absolute atomic E-state index is 0.101. The monoisotopic (exact) mass is 428 g/mol. The molecule has 0 unspecified atom stereocenters. The van der Waals surface area contributed by atoms with Crippen LogP contribution in [0.2, 0.25) is 0 Å². The summed E-state index contributed by atoms with van der Waals surface area (Å²) in [6.07, 6.45) is 9.71. The van der Waals surface area contributed by atoms with Crippen molar-refractivity contribution in [3.8, 4) is 0 Å². The van der Waals surface area contributed by atoms with Crippen LogP contribution in [-0.4, -0.2) is 42.2 Å². The van der Waals surface area contributed by atoms with Gasteiger partial charge < -0.3 is 9.72 Å². The Morgan fingerprint density at radius 1 is 1.16 bits per heavy atom. The van der Waals surface area contributed by atoms with Crippen LogP contribution >= 0.6 is 0 Å². The molecule has 1 N–H and O–H groups in total. The number of imidazole rings is 1. The Bertz CT molecular complexity index is 1400. The zero-order chi connectivity index (χ0) is 21.9. The number of aromatic nitrogens is 4. The van der Waals surface area contributed by atoms with Crippen LogP contribution < -0.4 is 10.9 Å².